The highest BCUT2D eigenvalue weighted by atomic mass is 16.4. The van der Waals surface area contributed by atoms with Crippen molar-refractivity contribution in [2.75, 3.05) is 38.0 Å². The van der Waals surface area contributed by atoms with Crippen LogP contribution in [0.1, 0.15) is 30.5 Å². The zero-order valence-electron chi connectivity index (χ0n) is 14.5. The molecule has 136 valence electrons. The number of carbonyl (C=O) groups excluding carboxylic acids is 1. The summed E-state index contributed by atoms with van der Waals surface area (Å²) in [6, 6.07) is 4.23. The summed E-state index contributed by atoms with van der Waals surface area (Å²) in [5.41, 5.74) is 2.34. The summed E-state index contributed by atoms with van der Waals surface area (Å²) in [6.07, 6.45) is 4.67. The van der Waals surface area contributed by atoms with Crippen molar-refractivity contribution in [1.82, 2.24) is 15.2 Å². The van der Waals surface area contributed by atoms with E-state index in [0.29, 0.717) is 19.6 Å². The van der Waals surface area contributed by atoms with Gasteiger partial charge in [0.2, 0.25) is 5.91 Å². The van der Waals surface area contributed by atoms with Crippen molar-refractivity contribution in [3.05, 3.63) is 23.4 Å². The summed E-state index contributed by atoms with van der Waals surface area (Å²) in [5, 5.41) is 15.1. The number of aromatic nitrogens is 1. The van der Waals surface area contributed by atoms with Crippen LogP contribution in [0.4, 0.5) is 5.82 Å². The van der Waals surface area contributed by atoms with Gasteiger partial charge in [-0.3, -0.25) is 14.5 Å². The van der Waals surface area contributed by atoms with Gasteiger partial charge in [0, 0.05) is 25.3 Å². The van der Waals surface area contributed by atoms with E-state index >= 15 is 0 Å². The third kappa shape index (κ3) is 4.92. The zero-order valence-corrected chi connectivity index (χ0v) is 14.5. The van der Waals surface area contributed by atoms with Gasteiger partial charge in [0.05, 0.1) is 12.5 Å². The molecule has 1 aromatic heterocycles. The number of carbonyl (C=O) groups is 2. The lowest BCUT2D eigenvalue weighted by molar-refractivity contribution is -0.138. The second-order valence-electron chi connectivity index (χ2n) is 6.85. The number of nitrogens with zero attached hydrogens (tertiary/aromatic N) is 2. The highest BCUT2D eigenvalue weighted by Crippen LogP contribution is 2.20. The molecule has 3 rings (SSSR count). The van der Waals surface area contributed by atoms with Crippen LogP contribution in [0.3, 0.4) is 0 Å². The fourth-order valence-corrected chi connectivity index (χ4v) is 3.52. The molecule has 1 atom stereocenters. The van der Waals surface area contributed by atoms with E-state index in [1.54, 1.807) is 0 Å². The van der Waals surface area contributed by atoms with Gasteiger partial charge in [0.1, 0.15) is 5.82 Å². The summed E-state index contributed by atoms with van der Waals surface area (Å²) in [6.45, 7) is 2.84. The molecule has 1 amide bonds. The Morgan fingerprint density at radius 1 is 1.40 bits per heavy atom. The number of fused-ring (bicyclic) bond motifs is 1. The molecule has 0 spiro atoms. The molecule has 2 aliphatic heterocycles. The van der Waals surface area contributed by atoms with Crippen molar-refractivity contribution in [2.45, 2.75) is 32.1 Å². The molecule has 0 saturated carbocycles. The fourth-order valence-electron chi connectivity index (χ4n) is 3.52. The Balaban J connectivity index is 1.37. The van der Waals surface area contributed by atoms with Crippen LogP contribution in [0.25, 0.3) is 0 Å². The minimum absolute atomic E-state index is 0.0157. The van der Waals surface area contributed by atoms with E-state index in [-0.39, 0.29) is 18.4 Å². The number of aliphatic carboxylic acids is 1. The molecule has 25 heavy (non-hydrogen) atoms. The third-order valence-corrected chi connectivity index (χ3v) is 4.86. The van der Waals surface area contributed by atoms with Gasteiger partial charge >= 0.3 is 5.97 Å². The number of anilines is 1. The van der Waals surface area contributed by atoms with E-state index in [9.17, 15) is 9.59 Å². The van der Waals surface area contributed by atoms with E-state index in [4.69, 9.17) is 5.11 Å². The van der Waals surface area contributed by atoms with E-state index in [1.807, 2.05) is 4.90 Å². The highest BCUT2D eigenvalue weighted by molar-refractivity contribution is 5.79. The zero-order chi connectivity index (χ0) is 17.6. The Kier molecular flexibility index (Phi) is 5.86. The first-order valence-corrected chi connectivity index (χ1v) is 9.06. The Hall–Kier alpha value is -2.15. The average molecular weight is 346 g/mol. The molecule has 3 heterocycles. The summed E-state index contributed by atoms with van der Waals surface area (Å²) in [4.78, 5) is 29.4. The lowest BCUT2D eigenvalue weighted by atomic mass is 10.1. The highest BCUT2D eigenvalue weighted by Gasteiger charge is 2.28. The van der Waals surface area contributed by atoms with Crippen molar-refractivity contribution in [3.8, 4) is 0 Å². The van der Waals surface area contributed by atoms with Crippen molar-refractivity contribution in [1.29, 1.82) is 0 Å². The molecule has 2 aliphatic rings. The molecule has 1 fully saturated rings. The number of amides is 1. The molecule has 0 aliphatic carbocycles. The smallest absolute Gasteiger partial charge is 0.317 e. The number of rotatable bonds is 7. The summed E-state index contributed by atoms with van der Waals surface area (Å²) in [5.74, 6) is 0.115. The van der Waals surface area contributed by atoms with Crippen molar-refractivity contribution in [3.63, 3.8) is 0 Å². The maximum atomic E-state index is 12.2. The van der Waals surface area contributed by atoms with Crippen molar-refractivity contribution < 1.29 is 14.7 Å². The van der Waals surface area contributed by atoms with Gasteiger partial charge in [-0.05, 0) is 50.3 Å². The van der Waals surface area contributed by atoms with Gasteiger partial charge in [-0.2, -0.15) is 0 Å². The van der Waals surface area contributed by atoms with Crippen LogP contribution in [0.15, 0.2) is 12.1 Å². The predicted octanol–water partition coefficient (Wildman–Crippen LogP) is 0.895. The van der Waals surface area contributed by atoms with Crippen LogP contribution in [0.5, 0.6) is 0 Å². The summed E-state index contributed by atoms with van der Waals surface area (Å²) < 4.78 is 0. The predicted molar refractivity (Wildman–Crippen MR) is 94.6 cm³/mol. The number of carboxylic acid groups (broad SMARTS) is 1. The van der Waals surface area contributed by atoms with Gasteiger partial charge < -0.3 is 15.7 Å². The lowest BCUT2D eigenvalue weighted by Crippen LogP contribution is -2.34. The molecule has 1 aromatic rings. The molecule has 0 radical (unpaired) electrons. The van der Waals surface area contributed by atoms with Gasteiger partial charge in [-0.25, -0.2) is 4.98 Å². The minimum atomic E-state index is -0.840. The number of hydrogen-bond acceptors (Lipinski definition) is 5. The largest absolute Gasteiger partial charge is 0.480 e. The molecular weight excluding hydrogens is 320 g/mol. The van der Waals surface area contributed by atoms with Crippen LogP contribution in [-0.2, 0) is 22.4 Å². The number of aryl methyl sites for hydroxylation is 2. The lowest BCUT2D eigenvalue weighted by Gasteiger charge is -2.17. The molecule has 0 aromatic carbocycles. The molecular formula is C18H26N4O3. The van der Waals surface area contributed by atoms with Crippen LogP contribution in [-0.4, -0.2) is 59.6 Å². The summed E-state index contributed by atoms with van der Waals surface area (Å²) in [7, 11) is 0. The standard InChI is InChI=1S/C18H26N4O3/c23-16(24)12-22-10-7-14(11-22)18(25)20-9-2-4-15-6-5-13-3-1-8-19-17(13)21-15/h5-6,14H,1-4,7-12H2,(H,19,21)(H,20,25)(H,23,24)/t14-/m0/s1. The van der Waals surface area contributed by atoms with Crippen molar-refractivity contribution >= 4 is 17.7 Å². The van der Waals surface area contributed by atoms with E-state index in [2.05, 4.69) is 27.8 Å². The first-order chi connectivity index (χ1) is 12.1. The van der Waals surface area contributed by atoms with Gasteiger partial charge in [-0.1, -0.05) is 6.07 Å². The number of carboxylic acids is 1. The quantitative estimate of drug-likeness (QED) is 0.635. The Morgan fingerprint density at radius 3 is 3.12 bits per heavy atom. The fraction of sp³-hybridized carbons (Fsp3) is 0.611. The molecule has 7 heteroatoms. The molecule has 0 unspecified atom stereocenters. The van der Waals surface area contributed by atoms with E-state index in [0.717, 1.165) is 50.2 Å². The average Bonchev–Trinajstić information content (AvgIpc) is 3.06. The molecule has 3 N–H and O–H groups in total. The maximum Gasteiger partial charge on any atom is 0.317 e. The van der Waals surface area contributed by atoms with Gasteiger partial charge in [0.25, 0.3) is 0 Å². The molecule has 7 nitrogen and oxygen atoms in total. The van der Waals surface area contributed by atoms with E-state index < -0.39 is 5.97 Å². The number of nitrogens with one attached hydrogen (secondary N) is 2. The minimum Gasteiger partial charge on any atom is -0.480 e. The number of pyridine rings is 1. The topological polar surface area (TPSA) is 94.6 Å². The Labute approximate surface area is 147 Å². The number of hydrogen-bond donors (Lipinski definition) is 3. The van der Waals surface area contributed by atoms with Gasteiger partial charge in [0.15, 0.2) is 0 Å². The van der Waals surface area contributed by atoms with Crippen LogP contribution >= 0.6 is 0 Å². The van der Waals surface area contributed by atoms with E-state index in [1.165, 1.54) is 5.56 Å². The number of likely N-dealkylation sites (tertiary alicyclic amines) is 1. The van der Waals surface area contributed by atoms with Crippen LogP contribution in [0.2, 0.25) is 0 Å². The second kappa shape index (κ2) is 8.29. The monoisotopic (exact) mass is 346 g/mol. The maximum absolute atomic E-state index is 12.2. The first kappa shape index (κ1) is 17.7. The second-order valence-corrected chi connectivity index (χ2v) is 6.85. The normalized spacial score (nSPS) is 19.9. The third-order valence-electron chi connectivity index (χ3n) is 4.86. The Morgan fingerprint density at radius 2 is 2.28 bits per heavy atom. The SMILES string of the molecule is O=C(O)CN1CC[C@H](C(=O)NCCCc2ccc3c(n2)NCCC3)C1. The van der Waals surface area contributed by atoms with Crippen LogP contribution in [0, 0.1) is 5.92 Å². The van der Waals surface area contributed by atoms with Gasteiger partial charge in [-0.15, -0.1) is 0 Å². The summed E-state index contributed by atoms with van der Waals surface area (Å²) >= 11 is 0. The van der Waals surface area contributed by atoms with Crippen molar-refractivity contribution in [2.24, 2.45) is 5.92 Å². The van der Waals surface area contributed by atoms with Crippen LogP contribution < -0.4 is 10.6 Å². The first-order valence-electron chi connectivity index (χ1n) is 9.06. The molecule has 0 bridgehead atoms. The Bertz CT molecular complexity index is 635. The molecule has 1 saturated heterocycles.